The van der Waals surface area contributed by atoms with Crippen molar-refractivity contribution in [3.63, 3.8) is 0 Å². The summed E-state index contributed by atoms with van der Waals surface area (Å²) in [6, 6.07) is 7.46. The number of imidazole rings is 1. The highest BCUT2D eigenvalue weighted by atomic mass is 79.9. The first-order chi connectivity index (χ1) is 7.20. The van der Waals surface area contributed by atoms with Crippen LogP contribution in [0, 0.1) is 11.5 Å². The third-order valence-electron chi connectivity index (χ3n) is 1.98. The summed E-state index contributed by atoms with van der Waals surface area (Å²) in [5.74, 6) is 0. The Hall–Kier alpha value is -1.80. The molecule has 1 heterocycles. The highest BCUT2D eigenvalue weighted by molar-refractivity contribution is 9.10. The van der Waals surface area contributed by atoms with Crippen LogP contribution < -0.4 is 5.69 Å². The van der Waals surface area contributed by atoms with Gasteiger partial charge >= 0.3 is 5.69 Å². The second-order valence-corrected chi connectivity index (χ2v) is 3.87. The molecule has 1 N–H and O–H groups in total. The molecule has 0 aliphatic heterocycles. The van der Waals surface area contributed by atoms with Gasteiger partial charge in [-0.1, -0.05) is 28.1 Å². The lowest BCUT2D eigenvalue weighted by Crippen LogP contribution is -2.11. The van der Waals surface area contributed by atoms with Gasteiger partial charge in [0.1, 0.15) is 0 Å². The van der Waals surface area contributed by atoms with Gasteiger partial charge in [0.05, 0.1) is 5.69 Å². The molecule has 0 aliphatic carbocycles. The number of halogens is 1. The van der Waals surface area contributed by atoms with Crippen molar-refractivity contribution in [3.05, 3.63) is 45.4 Å². The molecule has 74 valence electrons. The minimum absolute atomic E-state index is 0.421. The number of H-pyrrole nitrogens is 1. The lowest BCUT2D eigenvalue weighted by atomic mass is 10.2. The normalized spacial score (nSPS) is 9.87. The van der Waals surface area contributed by atoms with Crippen molar-refractivity contribution >= 4 is 15.9 Å². The van der Waals surface area contributed by atoms with E-state index in [0.717, 1.165) is 14.6 Å². The van der Waals surface area contributed by atoms with Gasteiger partial charge in [0.25, 0.3) is 0 Å². The summed E-state index contributed by atoms with van der Waals surface area (Å²) in [6.45, 7) is 0. The molecule has 0 unspecified atom stereocenters. The second kappa shape index (κ2) is 3.75. The van der Waals surface area contributed by atoms with Crippen LogP contribution >= 0.6 is 15.9 Å². The van der Waals surface area contributed by atoms with Gasteiger partial charge in [0.15, 0.2) is 6.19 Å². The number of nitrogens with one attached hydrogen (secondary N) is 1. The Kier molecular flexibility index (Phi) is 2.44. The van der Waals surface area contributed by atoms with Gasteiger partial charge in [0, 0.05) is 10.7 Å². The highest BCUT2D eigenvalue weighted by Crippen LogP contribution is 2.18. The minimum atomic E-state index is -0.421. The topological polar surface area (TPSA) is 61.6 Å². The zero-order chi connectivity index (χ0) is 10.8. The monoisotopic (exact) mass is 263 g/mol. The first kappa shape index (κ1) is 9.74. The summed E-state index contributed by atoms with van der Waals surface area (Å²) in [6.07, 6.45) is 3.24. The van der Waals surface area contributed by atoms with Gasteiger partial charge in [-0.05, 0) is 17.7 Å². The van der Waals surface area contributed by atoms with Crippen LogP contribution in [-0.4, -0.2) is 9.55 Å². The Morgan fingerprint density at radius 3 is 2.53 bits per heavy atom. The van der Waals surface area contributed by atoms with E-state index in [4.69, 9.17) is 5.26 Å². The zero-order valence-electron chi connectivity index (χ0n) is 7.57. The summed E-state index contributed by atoms with van der Waals surface area (Å²) in [7, 11) is 0. The zero-order valence-corrected chi connectivity index (χ0v) is 9.15. The van der Waals surface area contributed by atoms with E-state index in [1.165, 1.54) is 6.20 Å². The van der Waals surface area contributed by atoms with Crippen molar-refractivity contribution in [2.24, 2.45) is 0 Å². The number of aromatic amines is 1. The van der Waals surface area contributed by atoms with Crippen LogP contribution in [-0.2, 0) is 0 Å². The summed E-state index contributed by atoms with van der Waals surface area (Å²) < 4.78 is 1.92. The number of hydrogen-bond acceptors (Lipinski definition) is 2. The van der Waals surface area contributed by atoms with Gasteiger partial charge in [-0.25, -0.2) is 9.36 Å². The molecule has 1 aromatic heterocycles. The number of nitriles is 1. The van der Waals surface area contributed by atoms with Gasteiger partial charge in [-0.15, -0.1) is 0 Å². The van der Waals surface area contributed by atoms with Crippen LogP contribution in [0.25, 0.3) is 11.3 Å². The van der Waals surface area contributed by atoms with E-state index in [-0.39, 0.29) is 0 Å². The summed E-state index contributed by atoms with van der Waals surface area (Å²) in [5, 5.41) is 8.61. The Balaban J connectivity index is 2.51. The molecule has 4 nitrogen and oxygen atoms in total. The summed E-state index contributed by atoms with van der Waals surface area (Å²) in [4.78, 5) is 13.8. The van der Waals surface area contributed by atoms with Crippen LogP contribution in [0.2, 0.25) is 0 Å². The maximum absolute atomic E-state index is 11.2. The molecule has 0 saturated carbocycles. The predicted octanol–water partition coefficient (Wildman–Crippen LogP) is 1.94. The molecule has 0 bridgehead atoms. The van der Waals surface area contributed by atoms with E-state index >= 15 is 0 Å². The van der Waals surface area contributed by atoms with Gasteiger partial charge < -0.3 is 4.98 Å². The molecular weight excluding hydrogens is 258 g/mol. The number of nitrogens with zero attached hydrogens (tertiary/aromatic N) is 2. The molecule has 0 atom stereocenters. The predicted molar refractivity (Wildman–Crippen MR) is 59.2 cm³/mol. The van der Waals surface area contributed by atoms with Crippen molar-refractivity contribution < 1.29 is 0 Å². The van der Waals surface area contributed by atoms with E-state index in [9.17, 15) is 4.79 Å². The third-order valence-corrected chi connectivity index (χ3v) is 2.51. The van der Waals surface area contributed by atoms with Crippen LogP contribution in [0.4, 0.5) is 0 Å². The van der Waals surface area contributed by atoms with Crippen LogP contribution in [0.1, 0.15) is 0 Å². The molecule has 15 heavy (non-hydrogen) atoms. The van der Waals surface area contributed by atoms with E-state index < -0.39 is 5.69 Å². The first-order valence-electron chi connectivity index (χ1n) is 4.18. The Morgan fingerprint density at radius 2 is 2.00 bits per heavy atom. The molecule has 0 amide bonds. The van der Waals surface area contributed by atoms with Gasteiger partial charge in [-0.3, -0.25) is 0 Å². The maximum Gasteiger partial charge on any atom is 0.339 e. The lowest BCUT2D eigenvalue weighted by molar-refractivity contribution is 1.01. The average molecular weight is 264 g/mol. The van der Waals surface area contributed by atoms with E-state index in [1.54, 1.807) is 6.19 Å². The molecule has 2 aromatic rings. The molecule has 1 aromatic carbocycles. The summed E-state index contributed by atoms with van der Waals surface area (Å²) in [5.41, 5.74) is 1.08. The Bertz CT molecular complexity index is 574. The fourth-order valence-corrected chi connectivity index (χ4v) is 1.51. The van der Waals surface area contributed by atoms with Crippen LogP contribution in [0.15, 0.2) is 39.7 Å². The summed E-state index contributed by atoms with van der Waals surface area (Å²) >= 11 is 3.32. The minimum Gasteiger partial charge on any atom is -0.305 e. The Labute approximate surface area is 93.9 Å². The standard InChI is InChI=1S/C10H6BrN3O/c11-8-3-1-7(2-4-8)9-5-14(6-12)10(15)13-9/h1-5H,(H,13,15). The fraction of sp³-hybridized carbons (Fsp3) is 0. The molecule has 0 radical (unpaired) electrons. The molecule has 2 rings (SSSR count). The number of benzene rings is 1. The van der Waals surface area contributed by atoms with Gasteiger partial charge in [0.2, 0.25) is 0 Å². The van der Waals surface area contributed by atoms with Crippen molar-refractivity contribution in [1.82, 2.24) is 9.55 Å². The average Bonchev–Trinajstić information content (AvgIpc) is 2.61. The Morgan fingerprint density at radius 1 is 1.33 bits per heavy atom. The van der Waals surface area contributed by atoms with Crippen LogP contribution in [0.5, 0.6) is 0 Å². The second-order valence-electron chi connectivity index (χ2n) is 2.95. The van der Waals surface area contributed by atoms with E-state index in [1.807, 2.05) is 24.3 Å². The lowest BCUT2D eigenvalue weighted by Gasteiger charge is -1.95. The molecule has 0 saturated heterocycles. The fourth-order valence-electron chi connectivity index (χ4n) is 1.25. The third kappa shape index (κ3) is 1.85. The molecule has 0 aliphatic rings. The molecule has 0 spiro atoms. The van der Waals surface area contributed by atoms with Crippen molar-refractivity contribution in [2.75, 3.05) is 0 Å². The SMILES string of the molecule is N#Cn1cc(-c2ccc(Br)cc2)[nH]c1=O. The first-order valence-corrected chi connectivity index (χ1v) is 4.98. The maximum atomic E-state index is 11.2. The number of rotatable bonds is 1. The van der Waals surface area contributed by atoms with Gasteiger partial charge in [-0.2, -0.15) is 5.26 Å². The van der Waals surface area contributed by atoms with Crippen molar-refractivity contribution in [2.45, 2.75) is 0 Å². The molecule has 5 heteroatoms. The van der Waals surface area contributed by atoms with Crippen molar-refractivity contribution in [3.8, 4) is 17.5 Å². The quantitative estimate of drug-likeness (QED) is 0.855. The molecular formula is C10H6BrN3O. The smallest absolute Gasteiger partial charge is 0.305 e. The highest BCUT2D eigenvalue weighted by Gasteiger charge is 2.03. The number of hydrogen-bond donors (Lipinski definition) is 1. The largest absolute Gasteiger partial charge is 0.339 e. The van der Waals surface area contributed by atoms with E-state index in [0.29, 0.717) is 5.69 Å². The van der Waals surface area contributed by atoms with Crippen molar-refractivity contribution in [1.29, 1.82) is 5.26 Å². The molecule has 0 fully saturated rings. The van der Waals surface area contributed by atoms with Crippen LogP contribution in [0.3, 0.4) is 0 Å². The van der Waals surface area contributed by atoms with E-state index in [2.05, 4.69) is 20.9 Å². The number of aromatic nitrogens is 2.